The minimum absolute atomic E-state index is 0.149. The third kappa shape index (κ3) is 3.46. The zero-order chi connectivity index (χ0) is 15.6. The Hall–Kier alpha value is -0.930. The van der Waals surface area contributed by atoms with E-state index < -0.39 is 0 Å². The molecule has 0 saturated carbocycles. The maximum absolute atomic E-state index is 13.7. The quantitative estimate of drug-likeness (QED) is 0.877. The fraction of sp³-hybridized carbons (Fsp3) is 0.667. The van der Waals surface area contributed by atoms with Gasteiger partial charge in [0.2, 0.25) is 0 Å². The molecule has 5 atom stereocenters. The highest BCUT2D eigenvalue weighted by Crippen LogP contribution is 2.41. The number of benzene rings is 1. The molecule has 1 saturated heterocycles. The molecule has 1 heterocycles. The summed E-state index contributed by atoms with van der Waals surface area (Å²) < 4.78 is 19.7. The van der Waals surface area contributed by atoms with Gasteiger partial charge in [0.1, 0.15) is 5.82 Å². The van der Waals surface area contributed by atoms with Crippen LogP contribution in [-0.4, -0.2) is 18.8 Å². The first kappa shape index (κ1) is 16.4. The van der Waals surface area contributed by atoms with Crippen LogP contribution in [0.4, 0.5) is 4.39 Å². The van der Waals surface area contributed by atoms with Gasteiger partial charge in [0.15, 0.2) is 0 Å². The molecule has 1 fully saturated rings. The lowest BCUT2D eigenvalue weighted by atomic mass is 9.79. The molecule has 0 amide bonds. The summed E-state index contributed by atoms with van der Waals surface area (Å²) in [6.45, 7) is 11.7. The topological polar surface area (TPSA) is 21.3 Å². The summed E-state index contributed by atoms with van der Waals surface area (Å²) >= 11 is 0. The van der Waals surface area contributed by atoms with E-state index in [-0.39, 0.29) is 24.1 Å². The third-order valence-corrected chi connectivity index (χ3v) is 4.89. The van der Waals surface area contributed by atoms with Crippen LogP contribution < -0.4 is 5.32 Å². The van der Waals surface area contributed by atoms with Crippen molar-refractivity contribution in [3.05, 3.63) is 35.1 Å². The van der Waals surface area contributed by atoms with Crippen molar-refractivity contribution in [3.8, 4) is 0 Å². The Labute approximate surface area is 128 Å². The minimum Gasteiger partial charge on any atom is -0.375 e. The normalized spacial score (nSPS) is 30.6. The van der Waals surface area contributed by atoms with E-state index in [1.807, 2.05) is 6.07 Å². The van der Waals surface area contributed by atoms with Crippen LogP contribution in [0.5, 0.6) is 0 Å². The van der Waals surface area contributed by atoms with Crippen LogP contribution in [-0.2, 0) is 4.74 Å². The summed E-state index contributed by atoms with van der Waals surface area (Å²) in [5, 5.41) is 3.63. The summed E-state index contributed by atoms with van der Waals surface area (Å²) in [7, 11) is 0. The molecule has 1 aromatic carbocycles. The lowest BCUT2D eigenvalue weighted by Gasteiger charge is -2.31. The van der Waals surface area contributed by atoms with Crippen molar-refractivity contribution in [1.82, 2.24) is 5.32 Å². The standard InChI is InChI=1S/C18H28FNO/c1-6-9-20-18(16-10-15(19)8-7-11(16)2)17-12(3)13(4)21-14(17)5/h7-8,10,12-14,17-18,20H,6,9H2,1-5H3. The predicted octanol–water partition coefficient (Wildman–Crippen LogP) is 4.23. The van der Waals surface area contributed by atoms with Crippen molar-refractivity contribution in [2.24, 2.45) is 11.8 Å². The van der Waals surface area contributed by atoms with Gasteiger partial charge in [-0.3, -0.25) is 0 Å². The van der Waals surface area contributed by atoms with Crippen molar-refractivity contribution in [3.63, 3.8) is 0 Å². The second-order valence-electron chi connectivity index (χ2n) is 6.42. The lowest BCUT2D eigenvalue weighted by Crippen LogP contribution is -2.36. The first-order valence-electron chi connectivity index (χ1n) is 8.10. The van der Waals surface area contributed by atoms with E-state index in [2.05, 4.69) is 39.9 Å². The van der Waals surface area contributed by atoms with Crippen molar-refractivity contribution < 1.29 is 9.13 Å². The zero-order valence-corrected chi connectivity index (χ0v) is 13.8. The molecule has 0 spiro atoms. The van der Waals surface area contributed by atoms with Crippen LogP contribution in [0.2, 0.25) is 0 Å². The number of ether oxygens (including phenoxy) is 1. The van der Waals surface area contributed by atoms with Gasteiger partial charge in [-0.15, -0.1) is 0 Å². The second-order valence-corrected chi connectivity index (χ2v) is 6.42. The second kappa shape index (κ2) is 6.89. The van der Waals surface area contributed by atoms with E-state index in [0.717, 1.165) is 24.1 Å². The molecule has 0 radical (unpaired) electrons. The smallest absolute Gasteiger partial charge is 0.123 e. The molecule has 1 aliphatic heterocycles. The Kier molecular flexibility index (Phi) is 5.39. The van der Waals surface area contributed by atoms with Gasteiger partial charge in [-0.25, -0.2) is 4.39 Å². The van der Waals surface area contributed by atoms with Gasteiger partial charge >= 0.3 is 0 Å². The highest BCUT2D eigenvalue weighted by Gasteiger charge is 2.42. The van der Waals surface area contributed by atoms with Crippen LogP contribution in [0.3, 0.4) is 0 Å². The van der Waals surface area contributed by atoms with Gasteiger partial charge in [-0.1, -0.05) is 19.9 Å². The van der Waals surface area contributed by atoms with Gasteiger partial charge in [-0.2, -0.15) is 0 Å². The molecular formula is C18H28FNO. The van der Waals surface area contributed by atoms with E-state index in [1.165, 1.54) is 6.07 Å². The van der Waals surface area contributed by atoms with E-state index in [9.17, 15) is 4.39 Å². The van der Waals surface area contributed by atoms with Crippen molar-refractivity contribution in [2.45, 2.75) is 59.3 Å². The molecule has 2 nitrogen and oxygen atoms in total. The Morgan fingerprint density at radius 1 is 1.24 bits per heavy atom. The molecule has 5 unspecified atom stereocenters. The molecule has 0 aliphatic carbocycles. The van der Waals surface area contributed by atoms with Gasteiger partial charge in [0, 0.05) is 12.0 Å². The monoisotopic (exact) mass is 293 g/mol. The van der Waals surface area contributed by atoms with E-state index in [0.29, 0.717) is 11.8 Å². The number of aryl methyl sites for hydroxylation is 1. The highest BCUT2D eigenvalue weighted by molar-refractivity contribution is 5.31. The molecular weight excluding hydrogens is 265 g/mol. The fourth-order valence-electron chi connectivity index (χ4n) is 3.57. The van der Waals surface area contributed by atoms with Crippen LogP contribution in [0.25, 0.3) is 0 Å². The largest absolute Gasteiger partial charge is 0.375 e. The molecule has 0 aromatic heterocycles. The molecule has 1 aromatic rings. The lowest BCUT2D eigenvalue weighted by molar-refractivity contribution is 0.0474. The molecule has 1 aliphatic rings. The van der Waals surface area contributed by atoms with Crippen LogP contribution in [0, 0.1) is 24.6 Å². The molecule has 118 valence electrons. The van der Waals surface area contributed by atoms with Crippen LogP contribution >= 0.6 is 0 Å². The Morgan fingerprint density at radius 3 is 2.52 bits per heavy atom. The summed E-state index contributed by atoms with van der Waals surface area (Å²) in [5.74, 6) is 0.662. The average molecular weight is 293 g/mol. The van der Waals surface area contributed by atoms with Gasteiger partial charge in [0.25, 0.3) is 0 Å². The molecule has 1 N–H and O–H groups in total. The average Bonchev–Trinajstić information content (AvgIpc) is 2.69. The molecule has 21 heavy (non-hydrogen) atoms. The Morgan fingerprint density at radius 2 is 1.95 bits per heavy atom. The highest BCUT2D eigenvalue weighted by atomic mass is 19.1. The van der Waals surface area contributed by atoms with Crippen molar-refractivity contribution >= 4 is 0 Å². The first-order valence-corrected chi connectivity index (χ1v) is 8.10. The minimum atomic E-state index is -0.161. The summed E-state index contributed by atoms with van der Waals surface area (Å²) in [6.07, 6.45) is 1.51. The number of nitrogens with one attached hydrogen (secondary N) is 1. The van der Waals surface area contributed by atoms with Crippen molar-refractivity contribution in [1.29, 1.82) is 0 Å². The number of halogens is 1. The van der Waals surface area contributed by atoms with Gasteiger partial charge < -0.3 is 10.1 Å². The maximum atomic E-state index is 13.7. The van der Waals surface area contributed by atoms with Gasteiger partial charge in [-0.05, 0) is 62.9 Å². The Balaban J connectivity index is 2.36. The summed E-state index contributed by atoms with van der Waals surface area (Å²) in [5.41, 5.74) is 2.22. The van der Waals surface area contributed by atoms with E-state index >= 15 is 0 Å². The molecule has 2 rings (SSSR count). The van der Waals surface area contributed by atoms with Crippen LogP contribution in [0.15, 0.2) is 18.2 Å². The molecule has 3 heteroatoms. The number of hydrogen-bond acceptors (Lipinski definition) is 2. The first-order chi connectivity index (χ1) is 9.95. The van der Waals surface area contributed by atoms with Crippen molar-refractivity contribution in [2.75, 3.05) is 6.54 Å². The number of rotatable bonds is 5. The zero-order valence-electron chi connectivity index (χ0n) is 13.8. The third-order valence-electron chi connectivity index (χ3n) is 4.89. The maximum Gasteiger partial charge on any atom is 0.123 e. The summed E-state index contributed by atoms with van der Waals surface area (Å²) in [6, 6.07) is 5.25. The van der Waals surface area contributed by atoms with E-state index in [1.54, 1.807) is 6.07 Å². The fourth-order valence-corrected chi connectivity index (χ4v) is 3.57. The number of hydrogen-bond donors (Lipinski definition) is 1. The predicted molar refractivity (Wildman–Crippen MR) is 84.8 cm³/mol. The summed E-state index contributed by atoms with van der Waals surface area (Å²) in [4.78, 5) is 0. The van der Waals surface area contributed by atoms with Crippen LogP contribution in [0.1, 0.15) is 51.3 Å². The SMILES string of the molecule is CCCNC(c1cc(F)ccc1C)C1C(C)OC(C)C1C. The molecule has 0 bridgehead atoms. The van der Waals surface area contributed by atoms with Gasteiger partial charge in [0.05, 0.1) is 12.2 Å². The van der Waals surface area contributed by atoms with E-state index in [4.69, 9.17) is 4.74 Å². The Bertz CT molecular complexity index is 476.